The standard InChI is InChI=1S/C14H16N2O2S/c17-14(16-7-9-18-10-8-16)13-3-1-12(2-4-13)5-6-15-11-19/h1-4H,5-10H2. The molecule has 0 N–H and O–H groups in total. The molecule has 0 spiro atoms. The summed E-state index contributed by atoms with van der Waals surface area (Å²) in [7, 11) is 0. The third kappa shape index (κ3) is 3.96. The highest BCUT2D eigenvalue weighted by Crippen LogP contribution is 2.10. The van der Waals surface area contributed by atoms with Gasteiger partial charge in [-0.2, -0.15) is 0 Å². The van der Waals surface area contributed by atoms with Crippen molar-refractivity contribution < 1.29 is 9.53 Å². The minimum Gasteiger partial charge on any atom is -0.378 e. The summed E-state index contributed by atoms with van der Waals surface area (Å²) in [5.74, 6) is 0.0757. The number of isothiocyanates is 1. The van der Waals surface area contributed by atoms with Crippen molar-refractivity contribution in [2.45, 2.75) is 6.42 Å². The maximum atomic E-state index is 12.2. The second-order valence-electron chi connectivity index (χ2n) is 4.32. The molecule has 0 atom stereocenters. The van der Waals surface area contributed by atoms with Gasteiger partial charge >= 0.3 is 0 Å². The molecule has 100 valence electrons. The third-order valence-corrected chi connectivity index (χ3v) is 3.21. The molecule has 1 aromatic rings. The van der Waals surface area contributed by atoms with Crippen LogP contribution in [0.4, 0.5) is 0 Å². The molecule has 4 nitrogen and oxygen atoms in total. The second kappa shape index (κ2) is 7.14. The smallest absolute Gasteiger partial charge is 0.254 e. The van der Waals surface area contributed by atoms with Gasteiger partial charge in [-0.25, -0.2) is 4.99 Å². The van der Waals surface area contributed by atoms with Crippen LogP contribution in [0.2, 0.25) is 0 Å². The fourth-order valence-corrected chi connectivity index (χ4v) is 2.08. The molecule has 0 radical (unpaired) electrons. The number of benzene rings is 1. The Morgan fingerprint density at radius 2 is 2.00 bits per heavy atom. The highest BCUT2D eigenvalue weighted by atomic mass is 32.1. The second-order valence-corrected chi connectivity index (χ2v) is 4.51. The normalized spacial score (nSPS) is 14.8. The van der Waals surface area contributed by atoms with Crippen molar-refractivity contribution in [1.82, 2.24) is 4.90 Å². The summed E-state index contributed by atoms with van der Waals surface area (Å²) in [6.45, 7) is 3.23. The fraction of sp³-hybridized carbons (Fsp3) is 0.429. The van der Waals surface area contributed by atoms with Gasteiger partial charge in [0.2, 0.25) is 0 Å². The zero-order chi connectivity index (χ0) is 13.5. The van der Waals surface area contributed by atoms with Crippen LogP contribution in [0.25, 0.3) is 0 Å². The number of nitrogens with zero attached hydrogens (tertiary/aromatic N) is 2. The molecule has 1 aliphatic heterocycles. The number of hydrogen-bond acceptors (Lipinski definition) is 4. The number of aliphatic imine (C=N–C) groups is 1. The number of hydrogen-bond donors (Lipinski definition) is 0. The van der Waals surface area contributed by atoms with Crippen molar-refractivity contribution in [2.75, 3.05) is 32.8 Å². The van der Waals surface area contributed by atoms with E-state index in [1.54, 1.807) is 0 Å². The van der Waals surface area contributed by atoms with E-state index in [1.807, 2.05) is 29.2 Å². The molecule has 1 aromatic carbocycles. The van der Waals surface area contributed by atoms with E-state index in [1.165, 1.54) is 0 Å². The van der Waals surface area contributed by atoms with Gasteiger partial charge in [0.25, 0.3) is 5.91 Å². The topological polar surface area (TPSA) is 41.9 Å². The van der Waals surface area contributed by atoms with E-state index in [9.17, 15) is 4.79 Å². The van der Waals surface area contributed by atoms with E-state index in [-0.39, 0.29) is 5.91 Å². The fourth-order valence-electron chi connectivity index (χ4n) is 1.99. The number of carbonyl (C=O) groups excluding carboxylic acids is 1. The van der Waals surface area contributed by atoms with Crippen LogP contribution in [0.15, 0.2) is 29.3 Å². The molecule has 1 aliphatic rings. The molecule has 1 amide bonds. The number of ether oxygens (including phenoxy) is 1. The quantitative estimate of drug-likeness (QED) is 0.622. The Labute approximate surface area is 118 Å². The molecule has 0 saturated carbocycles. The summed E-state index contributed by atoms with van der Waals surface area (Å²) in [5, 5.41) is 2.35. The van der Waals surface area contributed by atoms with Crippen molar-refractivity contribution in [3.63, 3.8) is 0 Å². The molecule has 1 fully saturated rings. The highest BCUT2D eigenvalue weighted by molar-refractivity contribution is 7.78. The van der Waals surface area contributed by atoms with E-state index < -0.39 is 0 Å². The lowest BCUT2D eigenvalue weighted by molar-refractivity contribution is 0.0303. The lowest BCUT2D eigenvalue weighted by Gasteiger charge is -2.26. The van der Waals surface area contributed by atoms with Crippen molar-refractivity contribution >= 4 is 23.3 Å². The van der Waals surface area contributed by atoms with Crippen LogP contribution in [0.5, 0.6) is 0 Å². The third-order valence-electron chi connectivity index (χ3n) is 3.08. The van der Waals surface area contributed by atoms with Crippen molar-refractivity contribution in [1.29, 1.82) is 0 Å². The number of amides is 1. The van der Waals surface area contributed by atoms with Gasteiger partial charge in [-0.1, -0.05) is 12.1 Å². The van der Waals surface area contributed by atoms with Crippen LogP contribution in [-0.2, 0) is 11.2 Å². The summed E-state index contributed by atoms with van der Waals surface area (Å²) in [6, 6.07) is 7.67. The molecule has 0 unspecified atom stereocenters. The van der Waals surface area contributed by atoms with Crippen molar-refractivity contribution in [3.8, 4) is 0 Å². The van der Waals surface area contributed by atoms with Crippen LogP contribution in [-0.4, -0.2) is 48.8 Å². The SMILES string of the molecule is O=C(c1ccc(CCN=C=S)cc1)N1CCOCC1. The van der Waals surface area contributed by atoms with Gasteiger partial charge in [0.15, 0.2) is 0 Å². The van der Waals surface area contributed by atoms with Gasteiger partial charge in [0, 0.05) is 18.7 Å². The summed E-state index contributed by atoms with van der Waals surface area (Å²) in [4.78, 5) is 17.9. The zero-order valence-electron chi connectivity index (χ0n) is 10.7. The minimum atomic E-state index is 0.0757. The molecule has 0 aromatic heterocycles. The van der Waals surface area contributed by atoms with Crippen LogP contribution in [0.3, 0.4) is 0 Å². The Morgan fingerprint density at radius 3 is 2.63 bits per heavy atom. The van der Waals surface area contributed by atoms with Crippen molar-refractivity contribution in [3.05, 3.63) is 35.4 Å². The Kier molecular flexibility index (Phi) is 5.21. The summed E-state index contributed by atoms with van der Waals surface area (Å²) in [5.41, 5.74) is 1.87. The summed E-state index contributed by atoms with van der Waals surface area (Å²) < 4.78 is 5.24. The Bertz CT molecular complexity index is 475. The molecule has 19 heavy (non-hydrogen) atoms. The highest BCUT2D eigenvalue weighted by Gasteiger charge is 2.17. The largest absolute Gasteiger partial charge is 0.378 e. The zero-order valence-corrected chi connectivity index (χ0v) is 11.5. The molecule has 1 saturated heterocycles. The molecule has 0 bridgehead atoms. The van der Waals surface area contributed by atoms with Gasteiger partial charge in [0.1, 0.15) is 0 Å². The monoisotopic (exact) mass is 276 g/mol. The molecule has 1 heterocycles. The minimum absolute atomic E-state index is 0.0757. The number of morpholine rings is 1. The molecule has 2 rings (SSSR count). The van der Waals surface area contributed by atoms with Crippen LogP contribution in [0, 0.1) is 0 Å². The summed E-state index contributed by atoms with van der Waals surface area (Å²) in [6.07, 6.45) is 0.815. The maximum Gasteiger partial charge on any atom is 0.254 e. The Morgan fingerprint density at radius 1 is 1.32 bits per heavy atom. The lowest BCUT2D eigenvalue weighted by atomic mass is 10.1. The van der Waals surface area contributed by atoms with Gasteiger partial charge < -0.3 is 9.64 Å². The first kappa shape index (κ1) is 13.9. The van der Waals surface area contributed by atoms with Crippen LogP contribution in [0.1, 0.15) is 15.9 Å². The predicted octanol–water partition coefficient (Wildman–Crippen LogP) is 1.80. The van der Waals surface area contributed by atoms with E-state index in [0.717, 1.165) is 17.5 Å². The van der Waals surface area contributed by atoms with E-state index in [2.05, 4.69) is 22.4 Å². The Balaban J connectivity index is 1.96. The van der Waals surface area contributed by atoms with Gasteiger partial charge in [-0.3, -0.25) is 4.79 Å². The van der Waals surface area contributed by atoms with Gasteiger partial charge in [0.05, 0.1) is 24.9 Å². The first-order valence-electron chi connectivity index (χ1n) is 6.31. The molecular formula is C14H16N2O2S. The average molecular weight is 276 g/mol. The average Bonchev–Trinajstić information content (AvgIpc) is 2.48. The van der Waals surface area contributed by atoms with E-state index in [0.29, 0.717) is 32.8 Å². The maximum absolute atomic E-state index is 12.2. The Hall–Kier alpha value is -1.55. The number of rotatable bonds is 4. The molecule has 0 aliphatic carbocycles. The molecular weight excluding hydrogens is 260 g/mol. The van der Waals surface area contributed by atoms with E-state index >= 15 is 0 Å². The lowest BCUT2D eigenvalue weighted by Crippen LogP contribution is -2.40. The number of thiocarbonyl (C=S) groups is 1. The van der Waals surface area contributed by atoms with E-state index in [4.69, 9.17) is 4.74 Å². The summed E-state index contributed by atoms with van der Waals surface area (Å²) >= 11 is 4.52. The van der Waals surface area contributed by atoms with Gasteiger partial charge in [-0.15, -0.1) is 0 Å². The van der Waals surface area contributed by atoms with Crippen LogP contribution < -0.4 is 0 Å². The first-order valence-corrected chi connectivity index (χ1v) is 6.71. The predicted molar refractivity (Wildman–Crippen MR) is 76.8 cm³/mol. The van der Waals surface area contributed by atoms with Crippen LogP contribution >= 0.6 is 12.2 Å². The first-order chi connectivity index (χ1) is 9.31. The number of carbonyl (C=O) groups is 1. The van der Waals surface area contributed by atoms with Crippen molar-refractivity contribution in [2.24, 2.45) is 4.99 Å². The van der Waals surface area contributed by atoms with Gasteiger partial charge in [-0.05, 0) is 36.3 Å². The molecule has 5 heteroatoms.